The maximum Gasteiger partial charge on any atom is 0.326 e. The standard InChI is InChI=1S/C44H66N10O20/c1-20(2)15-29(44(73)74)53-41(70)27(11-14-35(64)65)51-40(69)26(10-13-34(62)63)50-37(66)21(3)47-43(72)36(22(4)56)54-42(71)28(16-23-5-7-24(57)8-6-23)52-39(68)25(9-12-33(60)61)48-32(59)18-46-38(67)30(19-55)49-31(58)17-45/h5-8,20-22,25-30,36,55-57H,9-19,45H2,1-4H3,(H,46,67)(H,47,72)(H,48,59)(H,49,58)(H,50,66)(H,51,69)(H,52,68)(H,53,70)(H,54,71)(H,60,61)(H,62,63)(H,64,65)(H,73,74)/t21-,22+,25-,26-,27-,28-,29-,30-,36-/m0/s1. The van der Waals surface area contributed by atoms with Crippen LogP contribution < -0.4 is 53.6 Å². The quantitative estimate of drug-likeness (QED) is 0.0305. The van der Waals surface area contributed by atoms with Crippen molar-refractivity contribution in [1.29, 1.82) is 0 Å². The Labute approximate surface area is 422 Å². The first-order valence-electron chi connectivity index (χ1n) is 22.9. The number of hydrogen-bond donors (Lipinski definition) is 17. The fourth-order valence-electron chi connectivity index (χ4n) is 6.50. The fourth-order valence-corrected chi connectivity index (χ4v) is 6.50. The number of carboxylic acid groups (broad SMARTS) is 4. The molecule has 0 radical (unpaired) electrons. The van der Waals surface area contributed by atoms with E-state index in [1.165, 1.54) is 24.3 Å². The fraction of sp³-hybridized carbons (Fsp3) is 0.568. The number of nitrogens with one attached hydrogen (secondary N) is 9. The number of aromatic hydroxyl groups is 1. The van der Waals surface area contributed by atoms with Crippen molar-refractivity contribution in [2.45, 2.75) is 134 Å². The van der Waals surface area contributed by atoms with Crippen LogP contribution in [0.2, 0.25) is 0 Å². The van der Waals surface area contributed by atoms with Crippen LogP contribution in [0.3, 0.4) is 0 Å². The Morgan fingerprint density at radius 1 is 0.514 bits per heavy atom. The molecule has 1 aromatic carbocycles. The Hall–Kier alpha value is -7.99. The summed E-state index contributed by atoms with van der Waals surface area (Å²) in [6, 6.07) is -8.24. The number of amides is 9. The van der Waals surface area contributed by atoms with E-state index < -0.39 is 196 Å². The lowest BCUT2D eigenvalue weighted by atomic mass is 10.0. The van der Waals surface area contributed by atoms with Gasteiger partial charge in [0, 0.05) is 25.7 Å². The minimum absolute atomic E-state index is 0.0448. The second-order valence-electron chi connectivity index (χ2n) is 17.2. The lowest BCUT2D eigenvalue weighted by Gasteiger charge is -2.28. The molecule has 0 unspecified atom stereocenters. The summed E-state index contributed by atoms with van der Waals surface area (Å²) in [5, 5.41) is 87.4. The molecule has 1 aromatic rings. The number of benzene rings is 1. The average Bonchev–Trinajstić information content (AvgIpc) is 3.32. The Morgan fingerprint density at radius 3 is 1.38 bits per heavy atom. The summed E-state index contributed by atoms with van der Waals surface area (Å²) in [5.41, 5.74) is 5.48. The molecule has 0 spiro atoms. The number of rotatable bonds is 34. The zero-order valence-electron chi connectivity index (χ0n) is 40.9. The van der Waals surface area contributed by atoms with Gasteiger partial charge in [-0.3, -0.25) is 57.5 Å². The smallest absolute Gasteiger partial charge is 0.326 e. The molecule has 9 amide bonds. The molecular weight excluding hydrogens is 989 g/mol. The summed E-state index contributed by atoms with van der Waals surface area (Å²) < 4.78 is 0. The third-order valence-corrected chi connectivity index (χ3v) is 10.4. The van der Waals surface area contributed by atoms with Gasteiger partial charge in [-0.2, -0.15) is 0 Å². The van der Waals surface area contributed by atoms with Gasteiger partial charge < -0.3 is 89.3 Å². The number of phenols is 1. The minimum atomic E-state index is -1.93. The normalized spacial score (nSPS) is 14.5. The molecule has 0 aromatic heterocycles. The van der Waals surface area contributed by atoms with Crippen LogP contribution in [0.1, 0.15) is 78.2 Å². The van der Waals surface area contributed by atoms with Gasteiger partial charge >= 0.3 is 23.9 Å². The van der Waals surface area contributed by atoms with Gasteiger partial charge in [-0.05, 0) is 63.1 Å². The van der Waals surface area contributed by atoms with Crippen molar-refractivity contribution >= 4 is 77.0 Å². The lowest BCUT2D eigenvalue weighted by molar-refractivity contribution is -0.143. The van der Waals surface area contributed by atoms with Gasteiger partial charge in [-0.1, -0.05) is 26.0 Å². The highest BCUT2D eigenvalue weighted by atomic mass is 16.4. The van der Waals surface area contributed by atoms with E-state index in [-0.39, 0.29) is 23.7 Å². The van der Waals surface area contributed by atoms with Gasteiger partial charge in [0.2, 0.25) is 53.2 Å². The number of aliphatic hydroxyl groups is 2. The predicted octanol–water partition coefficient (Wildman–Crippen LogP) is -5.99. The molecule has 30 nitrogen and oxygen atoms in total. The molecule has 0 saturated carbocycles. The van der Waals surface area contributed by atoms with E-state index in [4.69, 9.17) is 5.73 Å². The summed E-state index contributed by atoms with van der Waals surface area (Å²) in [7, 11) is 0. The monoisotopic (exact) mass is 1050 g/mol. The van der Waals surface area contributed by atoms with Crippen LogP contribution in [0.25, 0.3) is 0 Å². The van der Waals surface area contributed by atoms with Gasteiger partial charge in [-0.15, -0.1) is 0 Å². The predicted molar refractivity (Wildman–Crippen MR) is 251 cm³/mol. The molecule has 0 aliphatic carbocycles. The van der Waals surface area contributed by atoms with Gasteiger partial charge in [0.1, 0.15) is 54.1 Å². The van der Waals surface area contributed by atoms with Crippen LogP contribution in [0.4, 0.5) is 0 Å². The van der Waals surface area contributed by atoms with Crippen LogP contribution in [-0.2, 0) is 68.7 Å². The highest BCUT2D eigenvalue weighted by Crippen LogP contribution is 2.13. The molecule has 412 valence electrons. The van der Waals surface area contributed by atoms with Crippen molar-refractivity contribution in [2.24, 2.45) is 11.7 Å². The van der Waals surface area contributed by atoms with E-state index in [1.54, 1.807) is 13.8 Å². The maximum absolute atomic E-state index is 14.0. The number of nitrogens with two attached hydrogens (primary N) is 1. The number of aliphatic carboxylic acids is 4. The second-order valence-corrected chi connectivity index (χ2v) is 17.2. The highest BCUT2D eigenvalue weighted by molar-refractivity contribution is 5.98. The van der Waals surface area contributed by atoms with Crippen molar-refractivity contribution in [3.05, 3.63) is 29.8 Å². The molecular formula is C44H66N10O20. The third kappa shape index (κ3) is 24.4. The molecule has 0 fully saturated rings. The molecule has 0 aliphatic heterocycles. The first-order chi connectivity index (χ1) is 34.6. The number of hydrogen-bond acceptors (Lipinski definition) is 17. The number of carboxylic acids is 4. The summed E-state index contributed by atoms with van der Waals surface area (Å²) in [6.07, 6.45) is -6.11. The van der Waals surface area contributed by atoms with Crippen LogP contribution in [0.15, 0.2) is 24.3 Å². The van der Waals surface area contributed by atoms with Crippen LogP contribution in [0, 0.1) is 5.92 Å². The average molecular weight is 1060 g/mol. The Morgan fingerprint density at radius 2 is 0.946 bits per heavy atom. The first-order valence-corrected chi connectivity index (χ1v) is 22.9. The molecule has 18 N–H and O–H groups in total. The van der Waals surface area contributed by atoms with Gasteiger partial charge in [-0.25, -0.2) is 4.79 Å². The van der Waals surface area contributed by atoms with E-state index in [9.17, 15) is 98.1 Å². The minimum Gasteiger partial charge on any atom is -0.508 e. The molecule has 1 rings (SSSR count). The van der Waals surface area contributed by atoms with Crippen LogP contribution in [-0.4, -0.2) is 187 Å². The van der Waals surface area contributed by atoms with E-state index in [0.717, 1.165) is 13.8 Å². The first kappa shape index (κ1) is 64.0. The number of carbonyl (C=O) groups excluding carboxylic acids is 9. The molecule has 0 aliphatic rings. The second kappa shape index (κ2) is 32.2. The molecule has 0 heterocycles. The Balaban J connectivity index is 3.39. The summed E-state index contributed by atoms with van der Waals surface area (Å²) in [4.78, 5) is 165. The summed E-state index contributed by atoms with van der Waals surface area (Å²) in [6.45, 7) is 3.20. The summed E-state index contributed by atoms with van der Waals surface area (Å²) in [5.74, 6) is -16.0. The zero-order valence-corrected chi connectivity index (χ0v) is 40.9. The van der Waals surface area contributed by atoms with Crippen molar-refractivity contribution in [2.75, 3.05) is 19.7 Å². The van der Waals surface area contributed by atoms with E-state index in [2.05, 4.69) is 47.9 Å². The molecule has 74 heavy (non-hydrogen) atoms. The third-order valence-electron chi connectivity index (χ3n) is 10.4. The maximum atomic E-state index is 14.0. The number of aliphatic hydroxyl groups excluding tert-OH is 2. The topological polar surface area (TPSA) is 498 Å². The number of carbonyl (C=O) groups is 13. The lowest BCUT2D eigenvalue weighted by Crippen LogP contribution is -2.61. The highest BCUT2D eigenvalue weighted by Gasteiger charge is 2.35. The molecule has 9 atom stereocenters. The van der Waals surface area contributed by atoms with Crippen molar-refractivity contribution in [3.63, 3.8) is 0 Å². The SMILES string of the molecule is CC(C)C[C@H](NC(=O)[C@H](CCC(=O)O)NC(=O)[C@H](CCC(=O)O)NC(=O)[C@H](C)NC(=O)[C@@H](NC(=O)[C@H](Cc1ccc(O)cc1)NC(=O)[C@H](CCC(=O)O)NC(=O)CNC(=O)[C@H](CO)NC(=O)CN)[C@@H](C)O)C(=O)O. The molecule has 0 bridgehead atoms. The molecule has 0 saturated heterocycles. The summed E-state index contributed by atoms with van der Waals surface area (Å²) >= 11 is 0. The van der Waals surface area contributed by atoms with Gasteiger partial charge in [0.25, 0.3) is 0 Å². The largest absolute Gasteiger partial charge is 0.508 e. The van der Waals surface area contributed by atoms with Crippen LogP contribution >= 0.6 is 0 Å². The van der Waals surface area contributed by atoms with E-state index >= 15 is 0 Å². The van der Waals surface area contributed by atoms with E-state index in [0.29, 0.717) is 0 Å². The number of phenolic OH excluding ortho intramolecular Hbond substituents is 1. The van der Waals surface area contributed by atoms with Crippen LogP contribution in [0.5, 0.6) is 5.75 Å². The Kier molecular flexibility index (Phi) is 27.8. The Bertz CT molecular complexity index is 2170. The van der Waals surface area contributed by atoms with Crippen molar-refractivity contribution in [3.8, 4) is 5.75 Å². The van der Waals surface area contributed by atoms with Crippen molar-refractivity contribution in [1.82, 2.24) is 47.9 Å². The zero-order chi connectivity index (χ0) is 56.4. The van der Waals surface area contributed by atoms with Crippen molar-refractivity contribution < 1.29 is 98.1 Å². The molecule has 30 heteroatoms. The van der Waals surface area contributed by atoms with Gasteiger partial charge in [0.15, 0.2) is 0 Å². The van der Waals surface area contributed by atoms with E-state index in [1.807, 2.05) is 0 Å². The van der Waals surface area contributed by atoms with Gasteiger partial charge in [0.05, 0.1) is 25.8 Å².